The molecule has 0 bridgehead atoms. The molecule has 1 heterocycles. The summed E-state index contributed by atoms with van der Waals surface area (Å²) in [4.78, 5) is 14.1. The molecule has 1 aliphatic heterocycles. The topological polar surface area (TPSA) is 48.0 Å². The van der Waals surface area contributed by atoms with Crippen LogP contribution in [0.25, 0.3) is 0 Å². The lowest BCUT2D eigenvalue weighted by atomic mass is 10.0. The van der Waals surface area contributed by atoms with E-state index < -0.39 is 0 Å². The maximum atomic E-state index is 12.5. The smallest absolute Gasteiger partial charge is 0.260 e. The van der Waals surface area contributed by atoms with Gasteiger partial charge in [-0.3, -0.25) is 4.79 Å². The van der Waals surface area contributed by atoms with Gasteiger partial charge in [0.1, 0.15) is 19.0 Å². The molecule has 0 aliphatic carbocycles. The normalized spacial score (nSPS) is 12.8. The lowest BCUT2D eigenvalue weighted by Crippen LogP contribution is -2.31. The molecule has 0 N–H and O–H groups in total. The van der Waals surface area contributed by atoms with Crippen molar-refractivity contribution in [1.82, 2.24) is 4.90 Å². The van der Waals surface area contributed by atoms with Crippen LogP contribution in [0, 0.1) is 6.92 Å². The van der Waals surface area contributed by atoms with Crippen LogP contribution >= 0.6 is 0 Å². The van der Waals surface area contributed by atoms with Gasteiger partial charge < -0.3 is 19.1 Å². The van der Waals surface area contributed by atoms with Gasteiger partial charge in [-0.2, -0.15) is 0 Å². The van der Waals surface area contributed by atoms with Gasteiger partial charge in [-0.1, -0.05) is 32.0 Å². The van der Waals surface area contributed by atoms with E-state index in [0.29, 0.717) is 25.7 Å². The van der Waals surface area contributed by atoms with Gasteiger partial charge in [0.2, 0.25) is 0 Å². The van der Waals surface area contributed by atoms with E-state index >= 15 is 0 Å². The molecule has 1 amide bonds. The summed E-state index contributed by atoms with van der Waals surface area (Å²) < 4.78 is 16.9. The Morgan fingerprint density at radius 1 is 1.11 bits per heavy atom. The second-order valence-electron chi connectivity index (χ2n) is 7.20. The average Bonchev–Trinajstić information content (AvgIpc) is 2.66. The molecule has 0 radical (unpaired) electrons. The molecule has 0 atom stereocenters. The highest BCUT2D eigenvalue weighted by Crippen LogP contribution is 2.31. The minimum Gasteiger partial charge on any atom is -0.486 e. The van der Waals surface area contributed by atoms with E-state index in [-0.39, 0.29) is 12.5 Å². The number of aryl methyl sites for hydroxylation is 1. The molecule has 5 nitrogen and oxygen atoms in total. The summed E-state index contributed by atoms with van der Waals surface area (Å²) in [7, 11) is 1.78. The van der Waals surface area contributed by atoms with Crippen molar-refractivity contribution < 1.29 is 19.0 Å². The summed E-state index contributed by atoms with van der Waals surface area (Å²) in [6.07, 6.45) is 0. The number of hydrogen-bond donors (Lipinski definition) is 0. The van der Waals surface area contributed by atoms with Crippen molar-refractivity contribution in [1.29, 1.82) is 0 Å². The molecule has 144 valence electrons. The van der Waals surface area contributed by atoms with Gasteiger partial charge in [0.15, 0.2) is 18.1 Å². The third-order valence-corrected chi connectivity index (χ3v) is 4.68. The first kappa shape index (κ1) is 19.1. The van der Waals surface area contributed by atoms with Crippen molar-refractivity contribution in [2.24, 2.45) is 0 Å². The van der Waals surface area contributed by atoms with Gasteiger partial charge in [-0.25, -0.2) is 0 Å². The molecule has 2 aromatic carbocycles. The Morgan fingerprint density at radius 2 is 1.85 bits per heavy atom. The monoisotopic (exact) mass is 369 g/mol. The lowest BCUT2D eigenvalue weighted by molar-refractivity contribution is -0.132. The molecule has 27 heavy (non-hydrogen) atoms. The van der Waals surface area contributed by atoms with E-state index in [9.17, 15) is 4.79 Å². The Bertz CT molecular complexity index is 816. The molecule has 0 spiro atoms. The molecular weight excluding hydrogens is 342 g/mol. The van der Waals surface area contributed by atoms with Crippen LogP contribution in [0.4, 0.5) is 0 Å². The largest absolute Gasteiger partial charge is 0.486 e. The van der Waals surface area contributed by atoms with Crippen LogP contribution in [0.1, 0.15) is 36.5 Å². The summed E-state index contributed by atoms with van der Waals surface area (Å²) in [6, 6.07) is 11.9. The second-order valence-corrected chi connectivity index (χ2v) is 7.20. The van der Waals surface area contributed by atoms with Gasteiger partial charge in [0, 0.05) is 13.6 Å². The van der Waals surface area contributed by atoms with Crippen LogP contribution in [-0.4, -0.2) is 37.7 Å². The maximum absolute atomic E-state index is 12.5. The first-order valence-electron chi connectivity index (χ1n) is 9.30. The molecule has 0 fully saturated rings. The van der Waals surface area contributed by atoms with Gasteiger partial charge in [-0.15, -0.1) is 0 Å². The summed E-state index contributed by atoms with van der Waals surface area (Å²) in [6.45, 7) is 7.89. The zero-order chi connectivity index (χ0) is 19.4. The van der Waals surface area contributed by atoms with E-state index in [1.165, 1.54) is 5.56 Å². The van der Waals surface area contributed by atoms with Crippen LogP contribution < -0.4 is 14.2 Å². The predicted molar refractivity (Wildman–Crippen MR) is 105 cm³/mol. The van der Waals surface area contributed by atoms with Crippen molar-refractivity contribution in [3.05, 3.63) is 53.1 Å². The zero-order valence-corrected chi connectivity index (χ0v) is 16.5. The highest BCUT2D eigenvalue weighted by molar-refractivity contribution is 5.77. The molecule has 0 aromatic heterocycles. The zero-order valence-electron chi connectivity index (χ0n) is 16.5. The molecule has 0 saturated heterocycles. The third kappa shape index (κ3) is 4.73. The average molecular weight is 369 g/mol. The summed E-state index contributed by atoms with van der Waals surface area (Å²) in [5.41, 5.74) is 3.22. The van der Waals surface area contributed by atoms with Crippen LogP contribution in [0.15, 0.2) is 36.4 Å². The quantitative estimate of drug-likeness (QED) is 0.774. The van der Waals surface area contributed by atoms with Gasteiger partial charge in [-0.05, 0) is 47.7 Å². The van der Waals surface area contributed by atoms with Gasteiger partial charge >= 0.3 is 0 Å². The molecule has 0 unspecified atom stereocenters. The first-order valence-corrected chi connectivity index (χ1v) is 9.30. The van der Waals surface area contributed by atoms with E-state index in [1.807, 2.05) is 37.3 Å². The van der Waals surface area contributed by atoms with Crippen LogP contribution in [-0.2, 0) is 11.3 Å². The number of likely N-dealkylation sites (N-methyl/N-ethyl adjacent to an activating group) is 1. The number of nitrogens with zero attached hydrogens (tertiary/aromatic N) is 1. The second kappa shape index (κ2) is 8.33. The van der Waals surface area contributed by atoms with Crippen LogP contribution in [0.5, 0.6) is 17.2 Å². The van der Waals surface area contributed by atoms with Gasteiger partial charge in [0.05, 0.1) is 0 Å². The van der Waals surface area contributed by atoms with Gasteiger partial charge in [0.25, 0.3) is 5.91 Å². The van der Waals surface area contributed by atoms with Crippen LogP contribution in [0.3, 0.4) is 0 Å². The molecule has 3 rings (SSSR count). The Hall–Kier alpha value is -2.69. The first-order chi connectivity index (χ1) is 12.9. The highest BCUT2D eigenvalue weighted by Gasteiger charge is 2.15. The molecule has 5 heteroatoms. The fraction of sp³-hybridized carbons (Fsp3) is 0.409. The predicted octanol–water partition coefficient (Wildman–Crippen LogP) is 3.93. The number of carbonyl (C=O) groups excluding carboxylic acids is 1. The Kier molecular flexibility index (Phi) is 5.89. The fourth-order valence-corrected chi connectivity index (χ4v) is 2.93. The maximum Gasteiger partial charge on any atom is 0.260 e. The van der Waals surface area contributed by atoms with E-state index in [0.717, 1.165) is 28.4 Å². The SMILES string of the molecule is Cc1ccc(C(C)C)cc1OCC(=O)N(C)Cc1ccc2c(c1)OCCO2. The number of rotatable bonds is 6. The number of carbonyl (C=O) groups is 1. The summed E-state index contributed by atoms with van der Waals surface area (Å²) >= 11 is 0. The lowest BCUT2D eigenvalue weighted by Gasteiger charge is -2.21. The number of fused-ring (bicyclic) bond motifs is 1. The minimum absolute atomic E-state index is 0.0173. The van der Waals surface area contributed by atoms with Crippen LogP contribution in [0.2, 0.25) is 0 Å². The molecule has 0 saturated carbocycles. The van der Waals surface area contributed by atoms with Crippen molar-refractivity contribution in [3.8, 4) is 17.2 Å². The summed E-state index contributed by atoms with van der Waals surface area (Å²) in [5, 5.41) is 0. The van der Waals surface area contributed by atoms with E-state index in [2.05, 4.69) is 19.9 Å². The Morgan fingerprint density at radius 3 is 2.59 bits per heavy atom. The number of amides is 1. The van der Waals surface area contributed by atoms with Crippen molar-refractivity contribution in [2.45, 2.75) is 33.2 Å². The number of benzene rings is 2. The van der Waals surface area contributed by atoms with Crippen molar-refractivity contribution >= 4 is 5.91 Å². The Balaban J connectivity index is 1.59. The third-order valence-electron chi connectivity index (χ3n) is 4.68. The van der Waals surface area contributed by atoms with E-state index in [1.54, 1.807) is 11.9 Å². The Labute approximate surface area is 160 Å². The minimum atomic E-state index is -0.0701. The number of hydrogen-bond acceptors (Lipinski definition) is 4. The fourth-order valence-electron chi connectivity index (χ4n) is 2.93. The number of ether oxygens (including phenoxy) is 3. The molecule has 2 aromatic rings. The van der Waals surface area contributed by atoms with Crippen molar-refractivity contribution in [2.75, 3.05) is 26.9 Å². The summed E-state index contributed by atoms with van der Waals surface area (Å²) in [5.74, 6) is 2.60. The molecule has 1 aliphatic rings. The van der Waals surface area contributed by atoms with E-state index in [4.69, 9.17) is 14.2 Å². The standard InChI is InChI=1S/C22H27NO4/c1-15(2)18-7-5-16(3)20(12-18)27-14-22(24)23(4)13-17-6-8-19-21(11-17)26-10-9-25-19/h5-8,11-12,15H,9-10,13-14H2,1-4H3. The molecular formula is C22H27NO4. The van der Waals surface area contributed by atoms with Crippen molar-refractivity contribution in [3.63, 3.8) is 0 Å². The highest BCUT2D eigenvalue weighted by atomic mass is 16.6.